The fourth-order valence-electron chi connectivity index (χ4n) is 4.13. The Morgan fingerprint density at radius 3 is 3.00 bits per heavy atom. The van der Waals surface area contributed by atoms with Crippen molar-refractivity contribution in [1.29, 1.82) is 0 Å². The zero-order valence-corrected chi connectivity index (χ0v) is 12.2. The van der Waals surface area contributed by atoms with Gasteiger partial charge in [-0.05, 0) is 50.4 Å². The van der Waals surface area contributed by atoms with Gasteiger partial charge in [0, 0.05) is 12.6 Å². The molecule has 2 aliphatic rings. The number of rotatable bonds is 6. The number of hydrogen-bond donors (Lipinski definition) is 1. The molecule has 1 N–H and O–H groups in total. The first-order valence-electron chi connectivity index (χ1n) is 7.88. The van der Waals surface area contributed by atoms with Crippen molar-refractivity contribution in [3.63, 3.8) is 0 Å². The van der Waals surface area contributed by atoms with Gasteiger partial charge < -0.3 is 5.32 Å². The number of fused-ring (bicyclic) bond motifs is 2. The molecule has 1 aromatic rings. The third kappa shape index (κ3) is 2.69. The van der Waals surface area contributed by atoms with E-state index in [1.807, 2.05) is 4.68 Å². The molecule has 2 fully saturated rings. The first-order valence-corrected chi connectivity index (χ1v) is 7.88. The molecule has 2 saturated carbocycles. The summed E-state index contributed by atoms with van der Waals surface area (Å²) >= 11 is 0. The van der Waals surface area contributed by atoms with Crippen molar-refractivity contribution in [2.75, 3.05) is 0 Å². The van der Waals surface area contributed by atoms with Gasteiger partial charge in [0.1, 0.15) is 12.2 Å². The summed E-state index contributed by atoms with van der Waals surface area (Å²) in [5.74, 6) is 3.99. The van der Waals surface area contributed by atoms with Crippen LogP contribution in [0.25, 0.3) is 0 Å². The number of aromatic nitrogens is 3. The third-order valence-electron chi connectivity index (χ3n) is 5.15. The second kappa shape index (κ2) is 5.61. The molecule has 4 nitrogen and oxygen atoms in total. The number of aryl methyl sites for hydroxylation is 1. The number of nitrogens with one attached hydrogen (secondary N) is 1. The van der Waals surface area contributed by atoms with Crippen molar-refractivity contribution < 1.29 is 0 Å². The smallest absolute Gasteiger partial charge is 0.140 e. The molecule has 0 spiro atoms. The molecular formula is C15H26N4. The molecule has 4 atom stereocenters. The predicted octanol–water partition coefficient (Wildman–Crippen LogP) is 2.60. The van der Waals surface area contributed by atoms with Crippen LogP contribution in [0.3, 0.4) is 0 Å². The molecule has 0 radical (unpaired) electrons. The van der Waals surface area contributed by atoms with Crippen LogP contribution in [0.1, 0.15) is 51.8 Å². The molecular weight excluding hydrogens is 236 g/mol. The van der Waals surface area contributed by atoms with Gasteiger partial charge in [-0.15, -0.1) is 0 Å². The summed E-state index contributed by atoms with van der Waals surface area (Å²) < 4.78 is 2.03. The molecule has 3 rings (SSSR count). The van der Waals surface area contributed by atoms with Gasteiger partial charge in [-0.25, -0.2) is 9.67 Å². The topological polar surface area (TPSA) is 42.7 Å². The average molecular weight is 262 g/mol. The molecule has 2 bridgehead atoms. The van der Waals surface area contributed by atoms with Crippen LogP contribution < -0.4 is 5.32 Å². The van der Waals surface area contributed by atoms with Gasteiger partial charge in [0.15, 0.2) is 0 Å². The quantitative estimate of drug-likeness (QED) is 0.857. The van der Waals surface area contributed by atoms with E-state index in [1.165, 1.54) is 25.7 Å². The summed E-state index contributed by atoms with van der Waals surface area (Å²) in [6, 6.07) is 0.613. The lowest BCUT2D eigenvalue weighted by molar-refractivity contribution is 0.257. The van der Waals surface area contributed by atoms with Gasteiger partial charge in [0.2, 0.25) is 0 Å². The van der Waals surface area contributed by atoms with Gasteiger partial charge in [0.05, 0.1) is 6.54 Å². The predicted molar refractivity (Wildman–Crippen MR) is 75.6 cm³/mol. The maximum Gasteiger partial charge on any atom is 0.140 e. The van der Waals surface area contributed by atoms with Crippen LogP contribution in [0.15, 0.2) is 6.33 Å². The van der Waals surface area contributed by atoms with E-state index in [2.05, 4.69) is 29.2 Å². The molecule has 1 heterocycles. The molecule has 106 valence electrons. The molecule has 0 amide bonds. The zero-order valence-electron chi connectivity index (χ0n) is 12.2. The highest BCUT2D eigenvalue weighted by Crippen LogP contribution is 2.49. The lowest BCUT2D eigenvalue weighted by atomic mass is 9.84. The summed E-state index contributed by atoms with van der Waals surface area (Å²) in [7, 11) is 0. The standard InChI is InChI=1S/C15H26N4/c1-3-6-19-15(17-10-18-19)9-16-11(2)14-8-12-4-5-13(14)7-12/h10-14,16H,3-9H2,1-2H3. The Balaban J connectivity index is 1.52. The minimum atomic E-state index is 0.613. The minimum absolute atomic E-state index is 0.613. The third-order valence-corrected chi connectivity index (χ3v) is 5.15. The van der Waals surface area contributed by atoms with E-state index >= 15 is 0 Å². The lowest BCUT2D eigenvalue weighted by Crippen LogP contribution is -2.36. The van der Waals surface area contributed by atoms with Crippen molar-refractivity contribution in [1.82, 2.24) is 20.1 Å². The highest BCUT2D eigenvalue weighted by molar-refractivity contribution is 4.95. The highest BCUT2D eigenvalue weighted by Gasteiger charge is 2.41. The lowest BCUT2D eigenvalue weighted by Gasteiger charge is -2.28. The van der Waals surface area contributed by atoms with Crippen LogP contribution in [0.4, 0.5) is 0 Å². The molecule has 0 aliphatic heterocycles. The van der Waals surface area contributed by atoms with Crippen LogP contribution >= 0.6 is 0 Å². The molecule has 2 aliphatic carbocycles. The van der Waals surface area contributed by atoms with Crippen molar-refractivity contribution in [3.8, 4) is 0 Å². The molecule has 19 heavy (non-hydrogen) atoms. The van der Waals surface area contributed by atoms with Crippen molar-refractivity contribution >= 4 is 0 Å². The van der Waals surface area contributed by atoms with Crippen LogP contribution in [0.5, 0.6) is 0 Å². The normalized spacial score (nSPS) is 30.9. The zero-order chi connectivity index (χ0) is 13.2. The Bertz CT molecular complexity index is 414. The first-order chi connectivity index (χ1) is 9.28. The van der Waals surface area contributed by atoms with Crippen LogP contribution in [0, 0.1) is 17.8 Å². The van der Waals surface area contributed by atoms with Gasteiger partial charge in [-0.1, -0.05) is 13.3 Å². The fourth-order valence-corrected chi connectivity index (χ4v) is 4.13. The second-order valence-corrected chi connectivity index (χ2v) is 6.41. The largest absolute Gasteiger partial charge is 0.307 e. The number of hydrogen-bond acceptors (Lipinski definition) is 3. The van der Waals surface area contributed by atoms with E-state index in [1.54, 1.807) is 6.33 Å². The minimum Gasteiger partial charge on any atom is -0.307 e. The van der Waals surface area contributed by atoms with Crippen LogP contribution in [-0.4, -0.2) is 20.8 Å². The Morgan fingerprint density at radius 1 is 1.42 bits per heavy atom. The monoisotopic (exact) mass is 262 g/mol. The van der Waals surface area contributed by atoms with Gasteiger partial charge in [0.25, 0.3) is 0 Å². The highest BCUT2D eigenvalue weighted by atomic mass is 15.3. The fraction of sp³-hybridized carbons (Fsp3) is 0.867. The Labute approximate surface area is 116 Å². The molecule has 1 aromatic heterocycles. The van der Waals surface area contributed by atoms with Crippen molar-refractivity contribution in [2.24, 2.45) is 17.8 Å². The van der Waals surface area contributed by atoms with E-state index in [9.17, 15) is 0 Å². The van der Waals surface area contributed by atoms with Gasteiger partial charge >= 0.3 is 0 Å². The first kappa shape index (κ1) is 13.1. The summed E-state index contributed by atoms with van der Waals surface area (Å²) in [6.45, 7) is 6.36. The number of nitrogens with zero attached hydrogens (tertiary/aromatic N) is 3. The summed E-state index contributed by atoms with van der Waals surface area (Å²) in [5.41, 5.74) is 0. The molecule has 4 unspecified atom stereocenters. The maximum atomic E-state index is 4.37. The molecule has 0 saturated heterocycles. The van der Waals surface area contributed by atoms with Crippen LogP contribution in [-0.2, 0) is 13.1 Å². The van der Waals surface area contributed by atoms with E-state index in [0.29, 0.717) is 6.04 Å². The Kier molecular flexibility index (Phi) is 3.87. The van der Waals surface area contributed by atoms with Crippen LogP contribution in [0.2, 0.25) is 0 Å². The van der Waals surface area contributed by atoms with Crippen molar-refractivity contribution in [3.05, 3.63) is 12.2 Å². The molecule has 0 aromatic carbocycles. The van der Waals surface area contributed by atoms with E-state index in [0.717, 1.165) is 43.1 Å². The Morgan fingerprint density at radius 2 is 2.32 bits per heavy atom. The van der Waals surface area contributed by atoms with Gasteiger partial charge in [-0.2, -0.15) is 5.10 Å². The maximum absolute atomic E-state index is 4.37. The molecule has 4 heteroatoms. The van der Waals surface area contributed by atoms with Crippen molar-refractivity contribution in [2.45, 2.75) is 65.1 Å². The van der Waals surface area contributed by atoms with E-state index < -0.39 is 0 Å². The summed E-state index contributed by atoms with van der Waals surface area (Å²) in [6.07, 6.45) is 8.67. The van der Waals surface area contributed by atoms with E-state index in [-0.39, 0.29) is 0 Å². The Hall–Kier alpha value is -0.900. The summed E-state index contributed by atoms with van der Waals surface area (Å²) in [4.78, 5) is 4.37. The second-order valence-electron chi connectivity index (χ2n) is 6.41. The van der Waals surface area contributed by atoms with Gasteiger partial charge in [-0.3, -0.25) is 0 Å². The average Bonchev–Trinajstić information content (AvgIpc) is 3.12. The summed E-state index contributed by atoms with van der Waals surface area (Å²) in [5, 5.41) is 7.97. The van der Waals surface area contributed by atoms with E-state index in [4.69, 9.17) is 0 Å². The SMILES string of the molecule is CCCn1ncnc1CNC(C)C1CC2CCC1C2.